The molecule has 0 aliphatic heterocycles. The molecule has 1 aromatic carbocycles. The van der Waals surface area contributed by atoms with E-state index in [0.717, 1.165) is 0 Å². The van der Waals surface area contributed by atoms with Gasteiger partial charge in [-0.25, -0.2) is 13.2 Å². The van der Waals surface area contributed by atoms with Crippen LogP contribution in [0.4, 0.5) is 5.69 Å². The van der Waals surface area contributed by atoms with Crippen LogP contribution in [-0.4, -0.2) is 46.1 Å². The molecule has 0 bridgehead atoms. The Morgan fingerprint density at radius 3 is 2.58 bits per heavy atom. The maximum atomic E-state index is 11.6. The van der Waals surface area contributed by atoms with E-state index in [-0.39, 0.29) is 29.4 Å². The molecular weight excluding hydrogens is 274 g/mol. The Kier molecular flexibility index (Phi) is 5.13. The summed E-state index contributed by atoms with van der Waals surface area (Å²) in [6, 6.07) is 3.94. The van der Waals surface area contributed by atoms with E-state index in [9.17, 15) is 13.2 Å². The Bertz CT molecular complexity index is 554. The lowest BCUT2D eigenvalue weighted by atomic mass is 10.2. The van der Waals surface area contributed by atoms with Crippen LogP contribution in [0.25, 0.3) is 0 Å². The van der Waals surface area contributed by atoms with Crippen molar-refractivity contribution in [3.63, 3.8) is 0 Å². The number of nitrogens with one attached hydrogen (secondary N) is 1. The van der Waals surface area contributed by atoms with Crippen LogP contribution in [0.5, 0.6) is 5.75 Å². The molecule has 0 amide bonds. The molecule has 0 aliphatic carbocycles. The van der Waals surface area contributed by atoms with Crippen LogP contribution in [-0.2, 0) is 14.8 Å². The first-order valence-corrected chi connectivity index (χ1v) is 6.95. The van der Waals surface area contributed by atoms with E-state index in [0.29, 0.717) is 0 Å². The summed E-state index contributed by atoms with van der Waals surface area (Å²) < 4.78 is 35.2. The second kappa shape index (κ2) is 6.39. The molecule has 0 spiro atoms. The molecule has 106 valence electrons. The van der Waals surface area contributed by atoms with Crippen molar-refractivity contribution < 1.29 is 27.8 Å². The molecule has 1 aromatic rings. The third-order valence-corrected chi connectivity index (χ3v) is 3.51. The maximum Gasteiger partial charge on any atom is 0.339 e. The second-order valence-electron chi connectivity index (χ2n) is 3.63. The minimum absolute atomic E-state index is 0.0395. The van der Waals surface area contributed by atoms with Gasteiger partial charge in [-0.3, -0.25) is 4.72 Å². The van der Waals surface area contributed by atoms with Gasteiger partial charge in [-0.2, -0.15) is 0 Å². The number of methoxy groups -OCH3 is 2. The highest BCUT2D eigenvalue weighted by atomic mass is 32.2. The second-order valence-corrected chi connectivity index (χ2v) is 5.48. The normalized spacial score (nSPS) is 11.1. The molecule has 7 nitrogen and oxygen atoms in total. The van der Waals surface area contributed by atoms with E-state index in [4.69, 9.17) is 9.84 Å². The smallest absolute Gasteiger partial charge is 0.339 e. The monoisotopic (exact) mass is 289 g/mol. The first kappa shape index (κ1) is 15.3. The Labute approximate surface area is 111 Å². The number of hydrogen-bond donors (Lipinski definition) is 2. The quantitative estimate of drug-likeness (QED) is 0.769. The minimum atomic E-state index is -3.53. The van der Waals surface area contributed by atoms with Crippen molar-refractivity contribution in [2.24, 2.45) is 0 Å². The molecule has 0 aliphatic rings. The van der Waals surface area contributed by atoms with Gasteiger partial charge in [-0.05, 0) is 12.1 Å². The largest absolute Gasteiger partial charge is 0.496 e. The van der Waals surface area contributed by atoms with Gasteiger partial charge in [0.2, 0.25) is 10.0 Å². The standard InChI is InChI=1S/C11H15NO6S/c1-17-5-6-19(15,16)12-8-3-4-9(11(13)14)10(7-8)18-2/h3-4,7,12H,5-6H2,1-2H3,(H,13,14). The Balaban J connectivity index is 2.95. The first-order valence-electron chi connectivity index (χ1n) is 5.30. The van der Waals surface area contributed by atoms with E-state index >= 15 is 0 Å². The number of carbonyl (C=O) groups is 1. The molecule has 1 rings (SSSR count). The van der Waals surface area contributed by atoms with Gasteiger partial charge in [0, 0.05) is 13.2 Å². The summed E-state index contributed by atoms with van der Waals surface area (Å²) in [6.45, 7) is 0.0691. The van der Waals surface area contributed by atoms with Gasteiger partial charge in [-0.1, -0.05) is 0 Å². The molecule has 0 heterocycles. The molecule has 2 N–H and O–H groups in total. The van der Waals surface area contributed by atoms with E-state index in [1.165, 1.54) is 32.4 Å². The third-order valence-electron chi connectivity index (χ3n) is 2.26. The SMILES string of the molecule is COCCS(=O)(=O)Nc1ccc(C(=O)O)c(OC)c1. The van der Waals surface area contributed by atoms with Gasteiger partial charge in [0.15, 0.2) is 0 Å². The molecule has 0 atom stereocenters. The zero-order valence-corrected chi connectivity index (χ0v) is 11.4. The summed E-state index contributed by atoms with van der Waals surface area (Å²) in [5.41, 5.74) is 0.195. The molecule has 0 saturated heterocycles. The number of hydrogen-bond acceptors (Lipinski definition) is 5. The number of ether oxygens (including phenoxy) is 2. The zero-order valence-electron chi connectivity index (χ0n) is 10.5. The van der Waals surface area contributed by atoms with Gasteiger partial charge < -0.3 is 14.6 Å². The number of benzene rings is 1. The summed E-state index contributed by atoms with van der Waals surface area (Å²) >= 11 is 0. The predicted molar refractivity (Wildman–Crippen MR) is 69.2 cm³/mol. The number of carboxylic acids is 1. The van der Waals surface area contributed by atoms with Crippen molar-refractivity contribution in [1.29, 1.82) is 0 Å². The van der Waals surface area contributed by atoms with Gasteiger partial charge in [0.1, 0.15) is 11.3 Å². The number of anilines is 1. The van der Waals surface area contributed by atoms with Crippen molar-refractivity contribution >= 4 is 21.7 Å². The highest BCUT2D eigenvalue weighted by Crippen LogP contribution is 2.23. The first-order chi connectivity index (χ1) is 8.89. The average molecular weight is 289 g/mol. The van der Waals surface area contributed by atoms with Crippen LogP contribution in [0, 0.1) is 0 Å². The molecular formula is C11H15NO6S. The van der Waals surface area contributed by atoms with Crippen LogP contribution >= 0.6 is 0 Å². The number of sulfonamides is 1. The molecule has 19 heavy (non-hydrogen) atoms. The van der Waals surface area contributed by atoms with Gasteiger partial charge in [-0.15, -0.1) is 0 Å². The highest BCUT2D eigenvalue weighted by Gasteiger charge is 2.14. The predicted octanol–water partition coefficient (Wildman–Crippen LogP) is 0.781. The summed E-state index contributed by atoms with van der Waals surface area (Å²) in [7, 11) is -0.819. The number of carboxylic acid groups (broad SMARTS) is 1. The van der Waals surface area contributed by atoms with Crippen molar-refractivity contribution in [1.82, 2.24) is 0 Å². The van der Waals surface area contributed by atoms with Crippen LogP contribution in [0.15, 0.2) is 18.2 Å². The topological polar surface area (TPSA) is 102 Å². The van der Waals surface area contributed by atoms with Crippen molar-refractivity contribution in [2.45, 2.75) is 0 Å². The van der Waals surface area contributed by atoms with Crippen LogP contribution in [0.1, 0.15) is 10.4 Å². The van der Waals surface area contributed by atoms with Crippen LogP contribution in [0.3, 0.4) is 0 Å². The van der Waals surface area contributed by atoms with Gasteiger partial charge in [0.25, 0.3) is 0 Å². The number of rotatable bonds is 7. The lowest BCUT2D eigenvalue weighted by Crippen LogP contribution is -2.19. The summed E-state index contributed by atoms with van der Waals surface area (Å²) in [4.78, 5) is 10.9. The molecule has 0 radical (unpaired) electrons. The molecule has 0 fully saturated rings. The average Bonchev–Trinajstić information content (AvgIpc) is 2.35. The lowest BCUT2D eigenvalue weighted by molar-refractivity contribution is 0.0693. The number of aromatic carboxylic acids is 1. The Morgan fingerprint density at radius 2 is 2.05 bits per heavy atom. The zero-order chi connectivity index (χ0) is 14.5. The molecule has 0 aromatic heterocycles. The summed E-state index contributed by atoms with van der Waals surface area (Å²) in [6.07, 6.45) is 0. The van der Waals surface area contributed by atoms with E-state index in [2.05, 4.69) is 9.46 Å². The molecule has 0 unspecified atom stereocenters. The fraction of sp³-hybridized carbons (Fsp3) is 0.364. The van der Waals surface area contributed by atoms with Crippen LogP contribution in [0.2, 0.25) is 0 Å². The Hall–Kier alpha value is -1.80. The fourth-order valence-electron chi connectivity index (χ4n) is 1.36. The van der Waals surface area contributed by atoms with Crippen molar-refractivity contribution in [3.8, 4) is 5.75 Å². The van der Waals surface area contributed by atoms with Gasteiger partial charge in [0.05, 0.1) is 25.2 Å². The Morgan fingerprint density at radius 1 is 1.37 bits per heavy atom. The van der Waals surface area contributed by atoms with E-state index < -0.39 is 16.0 Å². The summed E-state index contributed by atoms with van der Waals surface area (Å²) in [5, 5.41) is 8.90. The van der Waals surface area contributed by atoms with Gasteiger partial charge >= 0.3 is 5.97 Å². The minimum Gasteiger partial charge on any atom is -0.496 e. The van der Waals surface area contributed by atoms with Crippen molar-refractivity contribution in [3.05, 3.63) is 23.8 Å². The van der Waals surface area contributed by atoms with E-state index in [1.807, 2.05) is 0 Å². The third kappa shape index (κ3) is 4.42. The summed E-state index contributed by atoms with van der Waals surface area (Å²) in [5.74, 6) is -1.25. The molecule has 0 saturated carbocycles. The fourth-order valence-corrected chi connectivity index (χ4v) is 2.33. The van der Waals surface area contributed by atoms with E-state index in [1.54, 1.807) is 0 Å². The molecule has 8 heteroatoms. The lowest BCUT2D eigenvalue weighted by Gasteiger charge is -2.10. The maximum absolute atomic E-state index is 11.6. The van der Waals surface area contributed by atoms with Crippen LogP contribution < -0.4 is 9.46 Å². The van der Waals surface area contributed by atoms with Crippen molar-refractivity contribution in [2.75, 3.05) is 31.3 Å². The highest BCUT2D eigenvalue weighted by molar-refractivity contribution is 7.92.